The highest BCUT2D eigenvalue weighted by molar-refractivity contribution is 7.81. The lowest BCUT2D eigenvalue weighted by Gasteiger charge is -2.30. The van der Waals surface area contributed by atoms with Crippen molar-refractivity contribution in [1.29, 1.82) is 0 Å². The van der Waals surface area contributed by atoms with Crippen LogP contribution in [0.2, 0.25) is 0 Å². The van der Waals surface area contributed by atoms with Gasteiger partial charge in [0.2, 0.25) is 5.95 Å². The Bertz CT molecular complexity index is 802. The summed E-state index contributed by atoms with van der Waals surface area (Å²) in [4.78, 5) is 13.8. The van der Waals surface area contributed by atoms with Crippen LogP contribution >= 0.6 is 12.6 Å². The molecule has 162 valence electrons. The highest BCUT2D eigenvalue weighted by Gasteiger charge is 2.26. The normalized spacial score (nSPS) is 17.4. The maximum Gasteiger partial charge on any atom is 0.245 e. The molecule has 3 unspecified atom stereocenters. The van der Waals surface area contributed by atoms with E-state index in [-0.39, 0.29) is 6.04 Å². The third-order valence-corrected chi connectivity index (χ3v) is 7.17. The Balaban J connectivity index is 2.27. The minimum atomic E-state index is 0.233. The lowest BCUT2D eigenvalue weighted by atomic mass is 9.89. The smallest absolute Gasteiger partial charge is 0.245 e. The molecular formula is C22H38N6S. The van der Waals surface area contributed by atoms with Crippen LogP contribution in [0.1, 0.15) is 79.0 Å². The quantitative estimate of drug-likeness (QED) is 0.271. The zero-order valence-corrected chi connectivity index (χ0v) is 19.9. The van der Waals surface area contributed by atoms with Crippen LogP contribution < -0.4 is 5.43 Å². The number of anilines is 1. The molecule has 2 aromatic heterocycles. The van der Waals surface area contributed by atoms with E-state index in [1.165, 1.54) is 0 Å². The van der Waals surface area contributed by atoms with Gasteiger partial charge in [0.15, 0.2) is 5.65 Å². The van der Waals surface area contributed by atoms with Gasteiger partial charge in [-0.25, -0.2) is 15.4 Å². The minimum Gasteiger partial charge on any atom is -0.312 e. The first-order valence-electron chi connectivity index (χ1n) is 11.0. The van der Waals surface area contributed by atoms with E-state index in [9.17, 15) is 0 Å². The van der Waals surface area contributed by atoms with Gasteiger partial charge in [-0.15, -0.1) is 0 Å². The van der Waals surface area contributed by atoms with E-state index in [1.807, 2.05) is 19.5 Å². The second kappa shape index (κ2) is 11.0. The molecule has 0 fully saturated rings. The van der Waals surface area contributed by atoms with Crippen LogP contribution in [0, 0.1) is 24.7 Å². The molecule has 5 atom stereocenters. The van der Waals surface area contributed by atoms with Crippen molar-refractivity contribution in [3.05, 3.63) is 12.0 Å². The SMILES string of the molecule is CCCC(/C=N/Nc1nc(C)c2ncn([C@@H](C)C(C)C(S)[C@@H](C)CC)c2n1)CC. The van der Waals surface area contributed by atoms with Gasteiger partial charge >= 0.3 is 0 Å². The number of rotatable bonds is 11. The van der Waals surface area contributed by atoms with E-state index in [4.69, 9.17) is 17.6 Å². The molecule has 0 bridgehead atoms. The summed E-state index contributed by atoms with van der Waals surface area (Å²) in [5.74, 6) is 1.94. The third-order valence-electron chi connectivity index (χ3n) is 6.19. The molecule has 2 heterocycles. The Morgan fingerprint density at radius 1 is 1.17 bits per heavy atom. The van der Waals surface area contributed by atoms with Crippen molar-refractivity contribution < 1.29 is 0 Å². The molecule has 2 aromatic rings. The molecule has 0 radical (unpaired) electrons. The van der Waals surface area contributed by atoms with E-state index in [0.717, 1.165) is 42.5 Å². The summed E-state index contributed by atoms with van der Waals surface area (Å²) in [6.07, 6.45) is 8.37. The number of hydrogen-bond acceptors (Lipinski definition) is 6. The monoisotopic (exact) mass is 418 g/mol. The van der Waals surface area contributed by atoms with Gasteiger partial charge in [-0.2, -0.15) is 22.7 Å². The standard InChI is InChI=1S/C22H38N6S/c1-8-11-18(10-3)12-24-27-22-25-16(6)19-21(26-22)28(13-23-19)17(7)15(5)20(29)14(4)9-2/h12-15,17-18,20,29H,8-11H2,1-7H3,(H,25,26,27)/b24-12+/t14-,15?,17-,18?,20?/m0/s1. The number of nitrogens with zero attached hydrogens (tertiary/aromatic N) is 5. The molecule has 0 amide bonds. The van der Waals surface area contributed by atoms with E-state index < -0.39 is 0 Å². The molecule has 0 saturated heterocycles. The van der Waals surface area contributed by atoms with E-state index in [0.29, 0.717) is 29.0 Å². The van der Waals surface area contributed by atoms with Gasteiger partial charge in [0.25, 0.3) is 0 Å². The molecule has 1 N–H and O–H groups in total. The molecule has 7 heteroatoms. The third kappa shape index (κ3) is 5.71. The number of imidazole rings is 1. The summed E-state index contributed by atoms with van der Waals surface area (Å²) in [5.41, 5.74) is 5.57. The predicted molar refractivity (Wildman–Crippen MR) is 127 cm³/mol. The number of hydrogen-bond donors (Lipinski definition) is 2. The number of aromatic nitrogens is 4. The Kier molecular flexibility index (Phi) is 8.93. The van der Waals surface area contributed by atoms with Gasteiger partial charge in [0.05, 0.1) is 12.0 Å². The fourth-order valence-corrected chi connectivity index (χ4v) is 4.12. The van der Waals surface area contributed by atoms with Gasteiger partial charge in [0, 0.05) is 17.5 Å². The summed E-state index contributed by atoms with van der Waals surface area (Å²) in [7, 11) is 0. The molecule has 2 rings (SSSR count). The van der Waals surface area contributed by atoms with Crippen molar-refractivity contribution >= 4 is 36.0 Å². The number of aryl methyl sites for hydroxylation is 1. The maximum atomic E-state index is 4.90. The number of fused-ring (bicyclic) bond motifs is 1. The largest absolute Gasteiger partial charge is 0.312 e. The summed E-state index contributed by atoms with van der Waals surface area (Å²) in [6, 6.07) is 0.233. The predicted octanol–water partition coefficient (Wildman–Crippen LogP) is 5.90. The van der Waals surface area contributed by atoms with E-state index in [1.54, 1.807) is 0 Å². The Labute approximate surface area is 181 Å². The van der Waals surface area contributed by atoms with Crippen LogP contribution in [-0.2, 0) is 0 Å². The van der Waals surface area contributed by atoms with Crippen molar-refractivity contribution in [2.75, 3.05) is 5.43 Å². The first-order chi connectivity index (χ1) is 13.8. The van der Waals surface area contributed by atoms with Gasteiger partial charge in [-0.1, -0.05) is 47.5 Å². The highest BCUT2D eigenvalue weighted by Crippen LogP contribution is 2.32. The second-order valence-electron chi connectivity index (χ2n) is 8.28. The van der Waals surface area contributed by atoms with Crippen molar-refractivity contribution in [3.63, 3.8) is 0 Å². The lowest BCUT2D eigenvalue weighted by molar-refractivity contribution is 0.324. The maximum absolute atomic E-state index is 4.90. The second-order valence-corrected chi connectivity index (χ2v) is 8.88. The Hall–Kier alpha value is -1.63. The summed E-state index contributed by atoms with van der Waals surface area (Å²) >= 11 is 4.90. The summed E-state index contributed by atoms with van der Waals surface area (Å²) in [6.45, 7) is 15.3. The molecule has 0 aliphatic carbocycles. The van der Waals surface area contributed by atoms with Gasteiger partial charge in [-0.05, 0) is 44.4 Å². The Morgan fingerprint density at radius 3 is 2.52 bits per heavy atom. The van der Waals surface area contributed by atoms with Crippen LogP contribution in [-0.4, -0.2) is 31.0 Å². The number of hydrazone groups is 1. The van der Waals surface area contributed by atoms with E-state index in [2.05, 4.69) is 66.6 Å². The number of thiol groups is 1. The molecule has 0 aliphatic heterocycles. The van der Waals surface area contributed by atoms with Crippen LogP contribution in [0.25, 0.3) is 11.2 Å². The van der Waals surface area contributed by atoms with Crippen LogP contribution in [0.3, 0.4) is 0 Å². The van der Waals surface area contributed by atoms with E-state index >= 15 is 0 Å². The van der Waals surface area contributed by atoms with Gasteiger partial charge < -0.3 is 4.57 Å². The molecule has 0 saturated carbocycles. The van der Waals surface area contributed by atoms with Crippen LogP contribution in [0.4, 0.5) is 5.95 Å². The van der Waals surface area contributed by atoms with Crippen LogP contribution in [0.5, 0.6) is 0 Å². The molecular weight excluding hydrogens is 380 g/mol. The first-order valence-corrected chi connectivity index (χ1v) is 11.5. The van der Waals surface area contributed by atoms with Crippen LogP contribution in [0.15, 0.2) is 11.4 Å². The first kappa shape index (κ1) is 23.6. The molecule has 6 nitrogen and oxygen atoms in total. The molecule has 0 aromatic carbocycles. The van der Waals surface area contributed by atoms with Crippen molar-refractivity contribution in [2.45, 2.75) is 85.4 Å². The minimum absolute atomic E-state index is 0.233. The fourth-order valence-electron chi connectivity index (χ4n) is 3.66. The molecule has 0 aliphatic rings. The number of nitrogens with one attached hydrogen (secondary N) is 1. The van der Waals surface area contributed by atoms with Crippen molar-refractivity contribution in [1.82, 2.24) is 19.5 Å². The highest BCUT2D eigenvalue weighted by atomic mass is 32.1. The molecule has 0 spiro atoms. The Morgan fingerprint density at radius 2 is 1.90 bits per heavy atom. The topological polar surface area (TPSA) is 68.0 Å². The summed E-state index contributed by atoms with van der Waals surface area (Å²) in [5, 5.41) is 4.72. The zero-order chi connectivity index (χ0) is 21.6. The average Bonchev–Trinajstić information content (AvgIpc) is 3.15. The zero-order valence-electron chi connectivity index (χ0n) is 19.1. The fraction of sp³-hybridized carbons (Fsp3) is 0.727. The van der Waals surface area contributed by atoms with Gasteiger partial charge in [0.1, 0.15) is 5.52 Å². The molecule has 29 heavy (non-hydrogen) atoms. The van der Waals surface area contributed by atoms with Crippen molar-refractivity contribution in [3.8, 4) is 0 Å². The van der Waals surface area contributed by atoms with Gasteiger partial charge in [-0.3, -0.25) is 0 Å². The van der Waals surface area contributed by atoms with Crippen molar-refractivity contribution in [2.24, 2.45) is 22.9 Å². The average molecular weight is 419 g/mol. The lowest BCUT2D eigenvalue weighted by Crippen LogP contribution is -2.27. The summed E-state index contributed by atoms with van der Waals surface area (Å²) < 4.78 is 2.15.